The van der Waals surface area contributed by atoms with Crippen molar-refractivity contribution in [2.45, 2.75) is 37.4 Å². The van der Waals surface area contributed by atoms with Gasteiger partial charge in [0.1, 0.15) is 23.5 Å². The molecule has 8 N–H and O–H groups in total. The molecule has 0 aliphatic rings. The summed E-state index contributed by atoms with van der Waals surface area (Å²) in [6, 6.07) is 8.96. The van der Waals surface area contributed by atoms with Crippen LogP contribution < -0.4 is 19.8 Å². The SMILES string of the molecule is CNS(=O)(=O)Nc1cccc(Cc2c(CN(C)C)c3ccc(OC(=O)N(C)C)cc3oc2=O)c1F.O=C(O)[C@@H](O)[C@H](O)[C@H](O)[C@@H](O)C(=O)O. The highest BCUT2D eigenvalue weighted by atomic mass is 32.2. The van der Waals surface area contributed by atoms with Crippen molar-refractivity contribution >= 4 is 44.9 Å². The molecule has 2 aromatic carbocycles. The number of carboxylic acid groups (broad SMARTS) is 2. The highest BCUT2D eigenvalue weighted by molar-refractivity contribution is 7.90. The highest BCUT2D eigenvalue weighted by Gasteiger charge is 2.37. The molecule has 3 rings (SSSR count). The Morgan fingerprint density at radius 2 is 1.51 bits per heavy atom. The molecule has 0 aliphatic carbocycles. The number of amides is 1. The number of hydrogen-bond acceptors (Lipinski definition) is 13. The van der Waals surface area contributed by atoms with Crippen LogP contribution in [-0.4, -0.2) is 127 Å². The summed E-state index contributed by atoms with van der Waals surface area (Å²) in [6.07, 6.45) is -9.99. The predicted octanol–water partition coefficient (Wildman–Crippen LogP) is -0.880. The van der Waals surface area contributed by atoms with E-state index in [2.05, 4.69) is 9.44 Å². The van der Waals surface area contributed by atoms with Crippen LogP contribution in [0.5, 0.6) is 5.75 Å². The van der Waals surface area contributed by atoms with Gasteiger partial charge in [-0.2, -0.15) is 8.42 Å². The van der Waals surface area contributed by atoms with E-state index in [1.165, 1.54) is 36.2 Å². The summed E-state index contributed by atoms with van der Waals surface area (Å²) in [5.74, 6) is -4.27. The van der Waals surface area contributed by atoms with Gasteiger partial charge in [-0.15, -0.1) is 0 Å². The molecule has 4 atom stereocenters. The maximum absolute atomic E-state index is 15.2. The van der Waals surface area contributed by atoms with Gasteiger partial charge in [-0.1, -0.05) is 12.1 Å². The molecular weight excluding hydrogens is 679 g/mol. The maximum Gasteiger partial charge on any atom is 0.414 e. The molecule has 0 saturated heterocycles. The Balaban J connectivity index is 0.000000502. The molecule has 18 nitrogen and oxygen atoms in total. The number of benzene rings is 2. The summed E-state index contributed by atoms with van der Waals surface area (Å²) >= 11 is 0. The van der Waals surface area contributed by atoms with E-state index in [4.69, 9.17) is 39.8 Å². The van der Waals surface area contributed by atoms with Crippen molar-refractivity contribution in [2.24, 2.45) is 0 Å². The number of carbonyl (C=O) groups excluding carboxylic acids is 1. The summed E-state index contributed by atoms with van der Waals surface area (Å²) in [4.78, 5) is 48.2. The molecule has 0 unspecified atom stereocenters. The van der Waals surface area contributed by atoms with Gasteiger partial charge in [0.05, 0.1) is 5.69 Å². The van der Waals surface area contributed by atoms with Gasteiger partial charge in [0.15, 0.2) is 18.0 Å². The second-order valence-corrected chi connectivity index (χ2v) is 12.4. The monoisotopic (exact) mass is 716 g/mol. The Hall–Kier alpha value is -4.70. The number of aliphatic hydroxyl groups is 4. The van der Waals surface area contributed by atoms with Crippen molar-refractivity contribution in [1.82, 2.24) is 14.5 Å². The topological polar surface area (TPSA) is 277 Å². The number of nitrogens with one attached hydrogen (secondary N) is 2. The Bertz CT molecular complexity index is 1810. The first-order valence-electron chi connectivity index (χ1n) is 14.0. The lowest BCUT2D eigenvalue weighted by atomic mass is 9.97. The molecule has 0 spiro atoms. The first-order chi connectivity index (χ1) is 22.7. The van der Waals surface area contributed by atoms with Gasteiger partial charge in [-0.25, -0.2) is 28.3 Å². The van der Waals surface area contributed by atoms with Crippen molar-refractivity contribution in [3.8, 4) is 5.75 Å². The van der Waals surface area contributed by atoms with Crippen LogP contribution in [0.4, 0.5) is 14.9 Å². The standard InChI is InChI=1S/C23H27FN4O6S.C6H10O8/c1-25-35(31,32)26-19-8-6-7-14(21(19)24)11-17-18(13-27(2)3)16-10-9-15(33-23(30)28(4)5)12-20(16)34-22(17)29;7-1(3(9)5(11)12)2(8)4(10)6(13)14/h6-10,12,25-26H,11,13H2,1-5H3;1-4,7-10H,(H,11,12)(H,13,14)/t;1-,2+,3+,4-. The van der Waals surface area contributed by atoms with Crippen LogP contribution in [0.15, 0.2) is 45.6 Å². The van der Waals surface area contributed by atoms with Crippen LogP contribution in [0, 0.1) is 5.82 Å². The number of carbonyl (C=O) groups is 3. The number of anilines is 1. The number of halogens is 1. The highest BCUT2D eigenvalue weighted by Crippen LogP contribution is 2.28. The minimum absolute atomic E-state index is 0.115. The Labute approximate surface area is 278 Å². The summed E-state index contributed by atoms with van der Waals surface area (Å²) in [5.41, 5.74) is 0.263. The van der Waals surface area contributed by atoms with Crippen molar-refractivity contribution in [1.29, 1.82) is 0 Å². The number of rotatable bonds is 13. The Kier molecular flexibility index (Phi) is 14.1. The lowest BCUT2D eigenvalue weighted by Crippen LogP contribution is -2.49. The predicted molar refractivity (Wildman–Crippen MR) is 170 cm³/mol. The number of aliphatic hydroxyl groups excluding tert-OH is 4. The zero-order valence-corrected chi connectivity index (χ0v) is 27.6. The second kappa shape index (κ2) is 17.1. The number of hydrogen-bond donors (Lipinski definition) is 8. The Morgan fingerprint density at radius 1 is 0.939 bits per heavy atom. The maximum atomic E-state index is 15.2. The van der Waals surface area contributed by atoms with Gasteiger partial charge in [0, 0.05) is 51.1 Å². The second-order valence-electron chi connectivity index (χ2n) is 10.8. The van der Waals surface area contributed by atoms with E-state index in [-0.39, 0.29) is 34.6 Å². The van der Waals surface area contributed by atoms with Crippen LogP contribution in [0.25, 0.3) is 11.0 Å². The Morgan fingerprint density at radius 3 is 2.00 bits per heavy atom. The zero-order chi connectivity index (χ0) is 37.4. The van der Waals surface area contributed by atoms with Crippen molar-refractivity contribution < 1.29 is 67.0 Å². The van der Waals surface area contributed by atoms with E-state index in [9.17, 15) is 27.6 Å². The molecular formula is C29H37FN4O14S. The normalized spacial score (nSPS) is 13.9. The summed E-state index contributed by atoms with van der Waals surface area (Å²) < 4.78 is 53.7. The molecule has 270 valence electrons. The molecule has 0 radical (unpaired) electrons. The molecule has 0 aliphatic heterocycles. The molecule has 0 saturated carbocycles. The average molecular weight is 717 g/mol. The van der Waals surface area contributed by atoms with Gasteiger partial charge >= 0.3 is 23.7 Å². The van der Waals surface area contributed by atoms with Crippen LogP contribution in [0.3, 0.4) is 0 Å². The van der Waals surface area contributed by atoms with E-state index in [1.54, 1.807) is 26.2 Å². The number of fused-ring (bicyclic) bond motifs is 1. The van der Waals surface area contributed by atoms with E-state index >= 15 is 4.39 Å². The van der Waals surface area contributed by atoms with Crippen LogP contribution in [0.2, 0.25) is 0 Å². The van der Waals surface area contributed by atoms with Gasteiger partial charge in [-0.05, 0) is 43.4 Å². The third-order valence-corrected chi connectivity index (χ3v) is 7.62. The zero-order valence-electron chi connectivity index (χ0n) is 26.8. The fourth-order valence-corrected chi connectivity index (χ4v) is 4.61. The first kappa shape index (κ1) is 40.5. The number of ether oxygens (including phenoxy) is 1. The summed E-state index contributed by atoms with van der Waals surface area (Å²) in [7, 11) is 4.01. The number of nitrogens with zero attached hydrogens (tertiary/aromatic N) is 2. The van der Waals surface area contributed by atoms with Crippen LogP contribution >= 0.6 is 0 Å². The van der Waals surface area contributed by atoms with Gasteiger partial charge in [0.25, 0.3) is 10.2 Å². The average Bonchev–Trinajstić information content (AvgIpc) is 3.02. The molecule has 0 bridgehead atoms. The van der Waals surface area contributed by atoms with E-state index in [0.717, 1.165) is 0 Å². The summed E-state index contributed by atoms with van der Waals surface area (Å²) in [6.45, 7) is 0.349. The molecule has 3 aromatic rings. The third-order valence-electron chi connectivity index (χ3n) is 6.60. The molecule has 1 aromatic heterocycles. The summed E-state index contributed by atoms with van der Waals surface area (Å²) in [5, 5.41) is 52.1. The van der Waals surface area contributed by atoms with Crippen molar-refractivity contribution in [3.63, 3.8) is 0 Å². The van der Waals surface area contributed by atoms with Crippen molar-refractivity contribution in [3.05, 3.63) is 69.3 Å². The minimum atomic E-state index is -3.93. The number of carboxylic acids is 2. The number of aliphatic carboxylic acids is 2. The molecule has 0 fully saturated rings. The van der Waals surface area contributed by atoms with Crippen LogP contribution in [-0.2, 0) is 32.8 Å². The molecule has 20 heteroatoms. The van der Waals surface area contributed by atoms with Gasteiger partial charge in [0.2, 0.25) is 0 Å². The van der Waals surface area contributed by atoms with Gasteiger partial charge in [-0.3, -0.25) is 4.72 Å². The van der Waals surface area contributed by atoms with Crippen molar-refractivity contribution in [2.75, 3.05) is 40.0 Å². The third kappa shape index (κ3) is 10.9. The quantitative estimate of drug-likeness (QED) is 0.0998. The smallest absolute Gasteiger partial charge is 0.414 e. The molecule has 1 amide bonds. The van der Waals surface area contributed by atoms with Crippen LogP contribution in [0.1, 0.15) is 16.7 Å². The van der Waals surface area contributed by atoms with E-state index in [1.807, 2.05) is 19.0 Å². The first-order valence-corrected chi connectivity index (χ1v) is 15.5. The fraction of sp³-hybridized carbons (Fsp3) is 0.379. The lowest BCUT2D eigenvalue weighted by Gasteiger charge is -2.21. The van der Waals surface area contributed by atoms with Gasteiger partial charge < -0.3 is 49.6 Å². The lowest BCUT2D eigenvalue weighted by molar-refractivity contribution is -0.172. The largest absolute Gasteiger partial charge is 0.479 e. The molecule has 1 heterocycles. The fourth-order valence-electron chi connectivity index (χ4n) is 4.06. The van der Waals surface area contributed by atoms with E-state index in [0.29, 0.717) is 17.5 Å². The van der Waals surface area contributed by atoms with E-state index < -0.39 is 64.1 Å². The molecule has 49 heavy (non-hydrogen) atoms. The minimum Gasteiger partial charge on any atom is -0.479 e.